The molecule has 124 valence electrons. The Bertz CT molecular complexity index is 492. The minimum Gasteiger partial charge on any atom is -0.484 e. The Morgan fingerprint density at radius 2 is 2.00 bits per heavy atom. The lowest BCUT2D eigenvalue weighted by Crippen LogP contribution is -2.36. The molecule has 0 aromatic heterocycles. The van der Waals surface area contributed by atoms with Crippen LogP contribution in [-0.4, -0.2) is 32.3 Å². The third-order valence-corrected chi connectivity index (χ3v) is 2.45. The molecule has 0 saturated heterocycles. The topological polar surface area (TPSA) is 45.7 Å². The summed E-state index contributed by atoms with van der Waals surface area (Å²) in [4.78, 5) is 3.98. The fraction of sp³-hybridized carbons (Fsp3) is 0.357. The molecule has 4 nitrogen and oxygen atoms in total. The highest BCUT2D eigenvalue weighted by Crippen LogP contribution is 2.21. The molecule has 0 amide bonds. The smallest absolute Gasteiger partial charge is 0.422 e. The summed E-state index contributed by atoms with van der Waals surface area (Å²) in [5.41, 5.74) is 0.614. The standard InChI is InChI=1S/C14H18F3N3O.HI/c1-3-8-19-13(18-2)20-9-11-6-4-5-7-12(11)21-10-14(15,16)17;/h3-7H,1,8-10H2,2H3,(H2,18,19,20);1H. The van der Waals surface area contributed by atoms with Crippen molar-refractivity contribution in [2.45, 2.75) is 12.7 Å². The monoisotopic (exact) mass is 429 g/mol. The average molecular weight is 429 g/mol. The van der Waals surface area contributed by atoms with Gasteiger partial charge in [-0.15, -0.1) is 30.6 Å². The van der Waals surface area contributed by atoms with Gasteiger partial charge in [-0.05, 0) is 6.07 Å². The van der Waals surface area contributed by atoms with Crippen molar-refractivity contribution in [3.05, 3.63) is 42.5 Å². The van der Waals surface area contributed by atoms with Crippen LogP contribution in [-0.2, 0) is 6.54 Å². The van der Waals surface area contributed by atoms with Gasteiger partial charge in [0.2, 0.25) is 0 Å². The number of ether oxygens (including phenoxy) is 1. The summed E-state index contributed by atoms with van der Waals surface area (Å²) in [5.74, 6) is 0.724. The minimum atomic E-state index is -4.36. The molecule has 1 aromatic rings. The minimum absolute atomic E-state index is 0. The van der Waals surface area contributed by atoms with E-state index < -0.39 is 12.8 Å². The van der Waals surface area contributed by atoms with Crippen LogP contribution in [0.3, 0.4) is 0 Å². The highest BCUT2D eigenvalue weighted by Gasteiger charge is 2.28. The van der Waals surface area contributed by atoms with E-state index in [-0.39, 0.29) is 29.7 Å². The van der Waals surface area contributed by atoms with Gasteiger partial charge in [0, 0.05) is 25.7 Å². The maximum absolute atomic E-state index is 12.2. The summed E-state index contributed by atoms with van der Waals surface area (Å²) < 4.78 is 41.4. The van der Waals surface area contributed by atoms with E-state index in [0.29, 0.717) is 24.6 Å². The SMILES string of the molecule is C=CCNC(=NC)NCc1ccccc1OCC(F)(F)F.I. The Balaban J connectivity index is 0.00000441. The van der Waals surface area contributed by atoms with Crippen molar-refractivity contribution in [2.75, 3.05) is 20.2 Å². The Morgan fingerprint density at radius 3 is 2.59 bits per heavy atom. The normalized spacial score (nSPS) is 11.4. The van der Waals surface area contributed by atoms with E-state index in [2.05, 4.69) is 22.2 Å². The second kappa shape index (κ2) is 10.3. The number of nitrogens with zero attached hydrogens (tertiary/aromatic N) is 1. The van der Waals surface area contributed by atoms with E-state index >= 15 is 0 Å². The molecule has 0 heterocycles. The molecule has 2 N–H and O–H groups in total. The van der Waals surface area contributed by atoms with Crippen molar-refractivity contribution in [1.82, 2.24) is 10.6 Å². The van der Waals surface area contributed by atoms with Gasteiger partial charge in [-0.3, -0.25) is 4.99 Å². The van der Waals surface area contributed by atoms with Crippen LogP contribution in [0.5, 0.6) is 5.75 Å². The lowest BCUT2D eigenvalue weighted by molar-refractivity contribution is -0.153. The molecule has 0 atom stereocenters. The average Bonchev–Trinajstić information content (AvgIpc) is 2.45. The molecule has 8 heteroatoms. The molecule has 0 bridgehead atoms. The zero-order valence-corrected chi connectivity index (χ0v) is 14.4. The fourth-order valence-corrected chi connectivity index (χ4v) is 1.52. The lowest BCUT2D eigenvalue weighted by atomic mass is 10.2. The first-order valence-corrected chi connectivity index (χ1v) is 6.29. The molecule has 22 heavy (non-hydrogen) atoms. The summed E-state index contributed by atoms with van der Waals surface area (Å²) in [6.45, 7) is 3.09. The molecule has 0 fully saturated rings. The van der Waals surface area contributed by atoms with Gasteiger partial charge in [0.15, 0.2) is 12.6 Å². The third kappa shape index (κ3) is 8.11. The van der Waals surface area contributed by atoms with E-state index in [0.717, 1.165) is 0 Å². The van der Waals surface area contributed by atoms with Crippen molar-refractivity contribution >= 4 is 29.9 Å². The maximum atomic E-state index is 12.2. The molecule has 1 aromatic carbocycles. The highest BCUT2D eigenvalue weighted by atomic mass is 127. The summed E-state index contributed by atoms with van der Waals surface area (Å²) in [5, 5.41) is 5.95. The summed E-state index contributed by atoms with van der Waals surface area (Å²) >= 11 is 0. The van der Waals surface area contributed by atoms with Gasteiger partial charge in [-0.25, -0.2) is 0 Å². The third-order valence-electron chi connectivity index (χ3n) is 2.45. The molecular weight excluding hydrogens is 410 g/mol. The number of hydrogen-bond acceptors (Lipinski definition) is 2. The van der Waals surface area contributed by atoms with Crippen LogP contribution in [0.4, 0.5) is 13.2 Å². The molecule has 1 rings (SSSR count). The van der Waals surface area contributed by atoms with Crippen LogP contribution in [0.15, 0.2) is 41.9 Å². The van der Waals surface area contributed by atoms with Gasteiger partial charge in [0.25, 0.3) is 0 Å². The predicted molar refractivity (Wildman–Crippen MR) is 91.8 cm³/mol. The van der Waals surface area contributed by atoms with Crippen molar-refractivity contribution in [3.63, 3.8) is 0 Å². The maximum Gasteiger partial charge on any atom is 0.422 e. The zero-order valence-electron chi connectivity index (χ0n) is 12.1. The van der Waals surface area contributed by atoms with E-state index in [1.54, 1.807) is 31.3 Å². The molecule has 0 radical (unpaired) electrons. The second-order valence-corrected chi connectivity index (χ2v) is 4.11. The number of benzene rings is 1. The van der Waals surface area contributed by atoms with Crippen molar-refractivity contribution in [3.8, 4) is 5.75 Å². The number of nitrogens with one attached hydrogen (secondary N) is 2. The van der Waals surface area contributed by atoms with E-state index in [1.807, 2.05) is 0 Å². The first kappa shape index (κ1) is 20.6. The largest absolute Gasteiger partial charge is 0.484 e. The fourth-order valence-electron chi connectivity index (χ4n) is 1.52. The summed E-state index contributed by atoms with van der Waals surface area (Å²) in [6.07, 6.45) is -2.69. The van der Waals surface area contributed by atoms with E-state index in [1.165, 1.54) is 6.07 Å². The first-order valence-electron chi connectivity index (χ1n) is 6.29. The summed E-state index contributed by atoms with van der Waals surface area (Å²) in [7, 11) is 1.60. The van der Waals surface area contributed by atoms with Crippen LogP contribution in [0.2, 0.25) is 0 Å². The van der Waals surface area contributed by atoms with Gasteiger partial charge in [0.1, 0.15) is 5.75 Å². The molecule has 0 aliphatic rings. The van der Waals surface area contributed by atoms with Gasteiger partial charge in [0.05, 0.1) is 0 Å². The van der Waals surface area contributed by atoms with E-state index in [4.69, 9.17) is 4.74 Å². The number of aliphatic imine (C=N–C) groups is 1. The second-order valence-electron chi connectivity index (χ2n) is 4.11. The molecule has 0 aliphatic carbocycles. The number of halogens is 4. The van der Waals surface area contributed by atoms with Crippen LogP contribution in [0.1, 0.15) is 5.56 Å². The highest BCUT2D eigenvalue weighted by molar-refractivity contribution is 14.0. The molecule has 0 unspecified atom stereocenters. The molecule has 0 spiro atoms. The lowest BCUT2D eigenvalue weighted by Gasteiger charge is -2.15. The number of para-hydroxylation sites is 1. The van der Waals surface area contributed by atoms with Crippen molar-refractivity contribution in [1.29, 1.82) is 0 Å². The zero-order chi connectivity index (χ0) is 15.7. The Kier molecular flexibility index (Phi) is 9.63. The predicted octanol–water partition coefficient (Wildman–Crippen LogP) is 3.10. The Hall–Kier alpha value is -1.45. The van der Waals surface area contributed by atoms with E-state index in [9.17, 15) is 13.2 Å². The number of guanidine groups is 1. The number of alkyl halides is 3. The molecule has 0 saturated carbocycles. The van der Waals surface area contributed by atoms with Gasteiger partial charge >= 0.3 is 6.18 Å². The van der Waals surface area contributed by atoms with Crippen LogP contribution in [0, 0.1) is 0 Å². The van der Waals surface area contributed by atoms with Crippen molar-refractivity contribution in [2.24, 2.45) is 4.99 Å². The number of hydrogen-bond donors (Lipinski definition) is 2. The Labute approximate surface area is 144 Å². The van der Waals surface area contributed by atoms with Gasteiger partial charge in [-0.2, -0.15) is 13.2 Å². The van der Waals surface area contributed by atoms with Crippen LogP contribution >= 0.6 is 24.0 Å². The Morgan fingerprint density at radius 1 is 1.32 bits per heavy atom. The van der Waals surface area contributed by atoms with Gasteiger partial charge in [-0.1, -0.05) is 24.3 Å². The first-order chi connectivity index (χ1) is 9.96. The molecular formula is C14H19F3IN3O. The molecule has 0 aliphatic heterocycles. The van der Waals surface area contributed by atoms with Crippen LogP contribution in [0.25, 0.3) is 0 Å². The van der Waals surface area contributed by atoms with Gasteiger partial charge < -0.3 is 15.4 Å². The number of rotatable bonds is 6. The summed E-state index contributed by atoms with van der Waals surface area (Å²) in [6, 6.07) is 6.56. The van der Waals surface area contributed by atoms with Crippen molar-refractivity contribution < 1.29 is 17.9 Å². The quantitative estimate of drug-likeness (QED) is 0.316. The van der Waals surface area contributed by atoms with Crippen LogP contribution < -0.4 is 15.4 Å².